The van der Waals surface area contributed by atoms with E-state index in [-0.39, 0.29) is 29.9 Å². The normalized spacial score (nSPS) is 16.2. The van der Waals surface area contributed by atoms with Gasteiger partial charge in [0.25, 0.3) is 5.91 Å². The standard InChI is InChI=1S/C26H20N4O4S2/c1-15-3-6-18(7-4-15)30-25(32)20(9-17-5-8-22-23(10-17)34-14-33-22)29-26(30)36-13-21(31)19(11-27)24-28-16(2)12-35-24/h3-10,12,19H,13-14H2,1-2H3/b20-9-/t19-/m0/s1. The molecule has 180 valence electrons. The maximum Gasteiger partial charge on any atom is 0.283 e. The minimum Gasteiger partial charge on any atom is -0.454 e. The van der Waals surface area contributed by atoms with Gasteiger partial charge in [-0.15, -0.1) is 11.3 Å². The van der Waals surface area contributed by atoms with E-state index in [2.05, 4.69) is 16.0 Å². The second-order valence-corrected chi connectivity index (χ2v) is 9.99. The highest BCUT2D eigenvalue weighted by molar-refractivity contribution is 8.14. The summed E-state index contributed by atoms with van der Waals surface area (Å²) in [4.78, 5) is 36.7. The lowest BCUT2D eigenvalue weighted by atomic mass is 10.1. The molecule has 8 nitrogen and oxygen atoms in total. The first-order chi connectivity index (χ1) is 17.4. The Kier molecular flexibility index (Phi) is 6.59. The summed E-state index contributed by atoms with van der Waals surface area (Å²) >= 11 is 2.42. The molecule has 2 aliphatic rings. The number of rotatable bonds is 6. The van der Waals surface area contributed by atoms with Crippen LogP contribution in [0.5, 0.6) is 11.5 Å². The topological polar surface area (TPSA) is 105 Å². The number of amides is 1. The predicted molar refractivity (Wildman–Crippen MR) is 139 cm³/mol. The molecular weight excluding hydrogens is 496 g/mol. The van der Waals surface area contributed by atoms with E-state index < -0.39 is 5.92 Å². The quantitative estimate of drug-likeness (QED) is 0.432. The number of ether oxygens (including phenoxy) is 2. The fourth-order valence-corrected chi connectivity index (χ4v) is 5.44. The van der Waals surface area contributed by atoms with Crippen LogP contribution in [0.3, 0.4) is 0 Å². The molecule has 0 bridgehead atoms. The first kappa shape index (κ1) is 23.8. The lowest BCUT2D eigenvalue weighted by Crippen LogP contribution is -2.31. The summed E-state index contributed by atoms with van der Waals surface area (Å²) in [7, 11) is 0. The number of carbonyl (C=O) groups excluding carboxylic acids is 2. The SMILES string of the molecule is Cc1ccc(N2C(=O)/C(=C/c3ccc4c(c3)OCO4)N=C2SCC(=O)[C@H](C#N)c2nc(C)cs2)cc1. The van der Waals surface area contributed by atoms with Crippen LogP contribution in [-0.2, 0) is 9.59 Å². The molecule has 0 fully saturated rings. The molecule has 3 heterocycles. The van der Waals surface area contributed by atoms with Crippen molar-refractivity contribution in [3.63, 3.8) is 0 Å². The lowest BCUT2D eigenvalue weighted by molar-refractivity contribution is -0.117. The molecular formula is C26H20N4O4S2. The summed E-state index contributed by atoms with van der Waals surface area (Å²) in [5, 5.41) is 12.2. The van der Waals surface area contributed by atoms with Gasteiger partial charge < -0.3 is 9.47 Å². The van der Waals surface area contributed by atoms with Crippen molar-refractivity contribution in [2.75, 3.05) is 17.4 Å². The number of amidine groups is 1. The van der Waals surface area contributed by atoms with E-state index in [1.807, 2.05) is 49.6 Å². The van der Waals surface area contributed by atoms with E-state index in [0.29, 0.717) is 27.4 Å². The van der Waals surface area contributed by atoms with Gasteiger partial charge in [0.1, 0.15) is 10.7 Å². The van der Waals surface area contributed by atoms with Crippen LogP contribution in [0.15, 0.2) is 58.5 Å². The molecule has 0 unspecified atom stereocenters. The van der Waals surface area contributed by atoms with Gasteiger partial charge in [-0.05, 0) is 49.8 Å². The summed E-state index contributed by atoms with van der Waals surface area (Å²) in [5.74, 6) is -0.317. The number of aryl methyl sites for hydroxylation is 2. The Morgan fingerprint density at radius 1 is 1.22 bits per heavy atom. The molecule has 1 amide bonds. The maximum atomic E-state index is 13.4. The van der Waals surface area contributed by atoms with Crippen molar-refractivity contribution in [2.24, 2.45) is 4.99 Å². The molecule has 36 heavy (non-hydrogen) atoms. The molecule has 0 radical (unpaired) electrons. The number of fused-ring (bicyclic) bond motifs is 1. The Hall–Kier alpha value is -3.94. The van der Waals surface area contributed by atoms with Crippen LogP contribution >= 0.6 is 23.1 Å². The number of Topliss-reactive ketones (excluding diaryl/α,β-unsaturated/α-hetero) is 1. The van der Waals surface area contributed by atoms with Gasteiger partial charge in [-0.25, -0.2) is 9.98 Å². The third kappa shape index (κ3) is 4.76. The van der Waals surface area contributed by atoms with Crippen LogP contribution < -0.4 is 14.4 Å². The van der Waals surface area contributed by atoms with Gasteiger partial charge >= 0.3 is 0 Å². The fraction of sp³-hybridized carbons (Fsp3) is 0.192. The Morgan fingerprint density at radius 3 is 2.72 bits per heavy atom. The van der Waals surface area contributed by atoms with Crippen LogP contribution in [0, 0.1) is 25.2 Å². The van der Waals surface area contributed by atoms with E-state index in [1.54, 1.807) is 18.2 Å². The molecule has 2 aliphatic heterocycles. The van der Waals surface area contributed by atoms with Gasteiger partial charge in [0.15, 0.2) is 28.4 Å². The maximum absolute atomic E-state index is 13.4. The Morgan fingerprint density at radius 2 is 2.00 bits per heavy atom. The van der Waals surface area contributed by atoms with Crippen molar-refractivity contribution in [3.8, 4) is 17.6 Å². The van der Waals surface area contributed by atoms with Gasteiger partial charge in [-0.2, -0.15) is 5.26 Å². The van der Waals surface area contributed by atoms with Crippen molar-refractivity contribution in [1.29, 1.82) is 5.26 Å². The van der Waals surface area contributed by atoms with E-state index in [9.17, 15) is 14.9 Å². The zero-order valence-corrected chi connectivity index (χ0v) is 21.1. The fourth-order valence-electron chi connectivity index (χ4n) is 3.66. The number of anilines is 1. The number of nitrogens with zero attached hydrogens (tertiary/aromatic N) is 4. The Balaban J connectivity index is 1.42. The molecule has 0 spiro atoms. The van der Waals surface area contributed by atoms with E-state index in [1.165, 1.54) is 16.2 Å². The second-order valence-electron chi connectivity index (χ2n) is 8.16. The van der Waals surface area contributed by atoms with Crippen LogP contribution in [0.1, 0.15) is 27.7 Å². The molecule has 0 N–H and O–H groups in total. The van der Waals surface area contributed by atoms with Gasteiger partial charge in [0.2, 0.25) is 6.79 Å². The third-order valence-electron chi connectivity index (χ3n) is 5.50. The number of hydrogen-bond donors (Lipinski definition) is 0. The van der Waals surface area contributed by atoms with Gasteiger partial charge in [-0.3, -0.25) is 14.5 Å². The molecule has 10 heteroatoms. The highest BCUT2D eigenvalue weighted by Gasteiger charge is 2.33. The summed E-state index contributed by atoms with van der Waals surface area (Å²) in [6.45, 7) is 3.94. The largest absolute Gasteiger partial charge is 0.454 e. The van der Waals surface area contributed by atoms with Crippen molar-refractivity contribution in [3.05, 3.63) is 75.4 Å². The molecule has 5 rings (SSSR count). The average Bonchev–Trinajstić information content (AvgIpc) is 3.58. The van der Waals surface area contributed by atoms with Crippen LogP contribution in [0.4, 0.5) is 5.69 Å². The number of benzene rings is 2. The molecule has 3 aromatic rings. The van der Waals surface area contributed by atoms with Crippen LogP contribution in [-0.4, -0.2) is 34.4 Å². The van der Waals surface area contributed by atoms with Crippen molar-refractivity contribution < 1.29 is 19.1 Å². The number of nitriles is 1. The van der Waals surface area contributed by atoms with E-state index in [4.69, 9.17) is 9.47 Å². The molecule has 1 atom stereocenters. The predicted octanol–water partition coefficient (Wildman–Crippen LogP) is 4.84. The molecule has 0 aliphatic carbocycles. The van der Waals surface area contributed by atoms with E-state index >= 15 is 0 Å². The number of carbonyl (C=O) groups is 2. The van der Waals surface area contributed by atoms with Crippen molar-refractivity contribution in [1.82, 2.24) is 4.98 Å². The summed E-state index contributed by atoms with van der Waals surface area (Å²) in [6, 6.07) is 14.9. The molecule has 1 aromatic heterocycles. The number of aromatic nitrogens is 1. The second kappa shape index (κ2) is 9.97. The molecule has 0 saturated carbocycles. The Labute approximate surface area is 215 Å². The summed E-state index contributed by atoms with van der Waals surface area (Å²) in [6.07, 6.45) is 1.68. The van der Waals surface area contributed by atoms with Gasteiger partial charge in [-0.1, -0.05) is 35.5 Å². The molecule has 2 aromatic carbocycles. The van der Waals surface area contributed by atoms with Crippen LogP contribution in [0.2, 0.25) is 0 Å². The number of ketones is 1. The zero-order chi connectivity index (χ0) is 25.2. The number of aliphatic imine (C=N–C) groups is 1. The highest BCUT2D eigenvalue weighted by atomic mass is 32.2. The Bertz CT molecular complexity index is 1450. The van der Waals surface area contributed by atoms with Gasteiger partial charge in [0.05, 0.1) is 17.5 Å². The first-order valence-electron chi connectivity index (χ1n) is 11.0. The monoisotopic (exact) mass is 516 g/mol. The van der Waals surface area contributed by atoms with Crippen molar-refractivity contribution >= 4 is 51.7 Å². The van der Waals surface area contributed by atoms with Crippen molar-refractivity contribution in [2.45, 2.75) is 19.8 Å². The number of thioether (sulfide) groups is 1. The third-order valence-corrected chi connectivity index (χ3v) is 7.49. The summed E-state index contributed by atoms with van der Waals surface area (Å²) in [5.41, 5.74) is 3.44. The van der Waals surface area contributed by atoms with Gasteiger partial charge in [0, 0.05) is 11.1 Å². The first-order valence-corrected chi connectivity index (χ1v) is 12.9. The number of hydrogen-bond acceptors (Lipinski definition) is 9. The zero-order valence-electron chi connectivity index (χ0n) is 19.4. The van der Waals surface area contributed by atoms with E-state index in [0.717, 1.165) is 28.6 Å². The molecule has 0 saturated heterocycles. The highest BCUT2D eigenvalue weighted by Crippen LogP contribution is 2.35. The lowest BCUT2D eigenvalue weighted by Gasteiger charge is -2.18. The smallest absolute Gasteiger partial charge is 0.283 e. The minimum atomic E-state index is -0.953. The number of thiazole rings is 1. The van der Waals surface area contributed by atoms with Crippen LogP contribution in [0.25, 0.3) is 6.08 Å². The summed E-state index contributed by atoms with van der Waals surface area (Å²) < 4.78 is 10.8. The minimum absolute atomic E-state index is 0.0252. The average molecular weight is 517 g/mol.